The molecule has 0 bridgehead atoms. The van der Waals surface area contributed by atoms with E-state index in [9.17, 15) is 8.42 Å². The van der Waals surface area contributed by atoms with Crippen LogP contribution in [0.1, 0.15) is 5.56 Å². The lowest BCUT2D eigenvalue weighted by atomic mass is 10.2. The van der Waals surface area contributed by atoms with Gasteiger partial charge < -0.3 is 5.73 Å². The quantitative estimate of drug-likeness (QED) is 0.626. The molecule has 0 saturated heterocycles. The van der Waals surface area contributed by atoms with Crippen LogP contribution in [-0.4, -0.2) is 26.3 Å². The zero-order chi connectivity index (χ0) is 12.3. The van der Waals surface area contributed by atoms with Crippen molar-refractivity contribution in [2.45, 2.75) is 11.8 Å². The summed E-state index contributed by atoms with van der Waals surface area (Å²) in [5.41, 5.74) is 6.83. The molecular formula is C11H14N2O2S. The van der Waals surface area contributed by atoms with Gasteiger partial charge in [-0.3, -0.25) is 0 Å². The summed E-state index contributed by atoms with van der Waals surface area (Å²) < 4.78 is 25.1. The lowest BCUT2D eigenvalue weighted by molar-refractivity contribution is 0.503. The van der Waals surface area contributed by atoms with E-state index in [2.05, 4.69) is 5.92 Å². The molecule has 0 amide bonds. The minimum absolute atomic E-state index is 0.0379. The van der Waals surface area contributed by atoms with Gasteiger partial charge in [-0.15, -0.1) is 6.42 Å². The van der Waals surface area contributed by atoms with Gasteiger partial charge in [-0.1, -0.05) is 5.92 Å². The maximum Gasteiger partial charge on any atom is 0.243 e. The molecule has 5 heteroatoms. The van der Waals surface area contributed by atoms with E-state index in [1.54, 1.807) is 19.1 Å². The second kappa shape index (κ2) is 4.56. The van der Waals surface area contributed by atoms with E-state index in [4.69, 9.17) is 12.2 Å². The molecule has 0 radical (unpaired) electrons. The van der Waals surface area contributed by atoms with Gasteiger partial charge in [-0.2, -0.15) is 4.31 Å². The molecule has 0 fully saturated rings. The summed E-state index contributed by atoms with van der Waals surface area (Å²) in [6.45, 7) is 1.83. The van der Waals surface area contributed by atoms with Crippen LogP contribution in [0.4, 0.5) is 5.69 Å². The van der Waals surface area contributed by atoms with Crippen LogP contribution in [-0.2, 0) is 10.0 Å². The minimum Gasteiger partial charge on any atom is -0.399 e. The molecule has 0 atom stereocenters. The highest BCUT2D eigenvalue weighted by atomic mass is 32.2. The molecule has 1 aromatic rings. The van der Waals surface area contributed by atoms with Gasteiger partial charge in [0.25, 0.3) is 0 Å². The van der Waals surface area contributed by atoms with Crippen LogP contribution in [0.5, 0.6) is 0 Å². The molecule has 1 aromatic carbocycles. The molecule has 0 aromatic heterocycles. The predicted molar refractivity (Wildman–Crippen MR) is 64.2 cm³/mol. The summed E-state index contributed by atoms with van der Waals surface area (Å²) in [5.74, 6) is 2.29. The van der Waals surface area contributed by atoms with Crippen LogP contribution in [0, 0.1) is 19.3 Å². The number of nitrogen functional groups attached to an aromatic ring is 1. The molecule has 0 spiro atoms. The van der Waals surface area contributed by atoms with Crippen molar-refractivity contribution >= 4 is 15.7 Å². The second-order valence-electron chi connectivity index (χ2n) is 3.54. The number of benzene rings is 1. The van der Waals surface area contributed by atoms with Gasteiger partial charge in [-0.25, -0.2) is 8.42 Å². The highest BCUT2D eigenvalue weighted by Crippen LogP contribution is 2.19. The molecule has 0 aliphatic rings. The Balaban J connectivity index is 3.23. The van der Waals surface area contributed by atoms with Gasteiger partial charge in [0.05, 0.1) is 11.4 Å². The largest absolute Gasteiger partial charge is 0.399 e. The lowest BCUT2D eigenvalue weighted by Gasteiger charge is -2.15. The summed E-state index contributed by atoms with van der Waals surface area (Å²) in [5, 5.41) is 0. The van der Waals surface area contributed by atoms with Gasteiger partial charge in [0.15, 0.2) is 0 Å². The molecule has 86 valence electrons. The molecule has 0 aliphatic heterocycles. The molecule has 2 N–H and O–H groups in total. The number of sulfonamides is 1. The normalized spacial score (nSPS) is 11.4. The van der Waals surface area contributed by atoms with E-state index in [0.717, 1.165) is 9.87 Å². The number of anilines is 1. The molecule has 0 unspecified atom stereocenters. The summed E-state index contributed by atoms with van der Waals surface area (Å²) in [6, 6.07) is 4.70. The maximum atomic E-state index is 12.0. The van der Waals surface area contributed by atoms with Crippen LogP contribution in [0.3, 0.4) is 0 Å². The topological polar surface area (TPSA) is 63.4 Å². The van der Waals surface area contributed by atoms with Gasteiger partial charge >= 0.3 is 0 Å². The third-order valence-electron chi connectivity index (χ3n) is 2.10. The fraction of sp³-hybridized carbons (Fsp3) is 0.273. The van der Waals surface area contributed by atoms with Gasteiger partial charge in [0.2, 0.25) is 10.0 Å². The molecule has 4 nitrogen and oxygen atoms in total. The van der Waals surface area contributed by atoms with Crippen molar-refractivity contribution in [2.75, 3.05) is 19.3 Å². The highest BCUT2D eigenvalue weighted by Gasteiger charge is 2.20. The average Bonchev–Trinajstić information content (AvgIpc) is 2.16. The van der Waals surface area contributed by atoms with Gasteiger partial charge in [0.1, 0.15) is 0 Å². The Morgan fingerprint density at radius 1 is 1.44 bits per heavy atom. The molecule has 0 aliphatic carbocycles. The number of nitrogens with two attached hydrogens (primary N) is 1. The zero-order valence-electron chi connectivity index (χ0n) is 9.27. The molecule has 1 rings (SSSR count). The molecule has 0 saturated carbocycles. The second-order valence-corrected chi connectivity index (χ2v) is 5.59. The highest BCUT2D eigenvalue weighted by molar-refractivity contribution is 7.89. The van der Waals surface area contributed by atoms with Crippen molar-refractivity contribution in [1.82, 2.24) is 4.31 Å². The van der Waals surface area contributed by atoms with Gasteiger partial charge in [-0.05, 0) is 30.7 Å². The Labute approximate surface area is 96.1 Å². The van der Waals surface area contributed by atoms with Crippen LogP contribution in [0.2, 0.25) is 0 Å². The van der Waals surface area contributed by atoms with E-state index in [1.165, 1.54) is 13.1 Å². The van der Waals surface area contributed by atoms with Crippen LogP contribution in [0.15, 0.2) is 23.1 Å². The SMILES string of the molecule is C#CCN(C)S(=O)(=O)c1cc(C)cc(N)c1. The number of terminal acetylenes is 1. The first-order chi connectivity index (χ1) is 7.37. The summed E-state index contributed by atoms with van der Waals surface area (Å²) >= 11 is 0. The maximum absolute atomic E-state index is 12.0. The fourth-order valence-corrected chi connectivity index (χ4v) is 2.54. The smallest absolute Gasteiger partial charge is 0.243 e. The summed E-state index contributed by atoms with van der Waals surface area (Å²) in [7, 11) is -2.10. The van der Waals surface area contributed by atoms with E-state index in [0.29, 0.717) is 5.69 Å². The number of aryl methyl sites for hydroxylation is 1. The van der Waals surface area contributed by atoms with Crippen molar-refractivity contribution in [2.24, 2.45) is 0 Å². The first-order valence-corrected chi connectivity index (χ1v) is 6.09. The van der Waals surface area contributed by atoms with E-state index < -0.39 is 10.0 Å². The standard InChI is InChI=1S/C11H14N2O2S/c1-4-5-13(3)16(14,15)11-7-9(2)6-10(12)8-11/h1,6-8H,5,12H2,2-3H3. The van der Waals surface area contributed by atoms with Crippen LogP contribution < -0.4 is 5.73 Å². The van der Waals surface area contributed by atoms with Crippen molar-refractivity contribution in [3.05, 3.63) is 23.8 Å². The van der Waals surface area contributed by atoms with Crippen LogP contribution >= 0.6 is 0 Å². The first kappa shape index (κ1) is 12.6. The van der Waals surface area contributed by atoms with Crippen molar-refractivity contribution in [1.29, 1.82) is 0 Å². The first-order valence-electron chi connectivity index (χ1n) is 4.65. The monoisotopic (exact) mass is 238 g/mol. The van der Waals surface area contributed by atoms with Crippen molar-refractivity contribution in [3.8, 4) is 12.3 Å². The molecule has 0 heterocycles. The van der Waals surface area contributed by atoms with Crippen molar-refractivity contribution in [3.63, 3.8) is 0 Å². The molecular weight excluding hydrogens is 224 g/mol. The number of rotatable bonds is 3. The Bertz CT molecular complexity index is 509. The lowest BCUT2D eigenvalue weighted by Crippen LogP contribution is -2.27. The third kappa shape index (κ3) is 2.54. The summed E-state index contributed by atoms with van der Waals surface area (Å²) in [4.78, 5) is 0.169. The number of nitrogens with zero attached hydrogens (tertiary/aromatic N) is 1. The molecule has 16 heavy (non-hydrogen) atoms. The van der Waals surface area contributed by atoms with E-state index in [1.807, 2.05) is 0 Å². The fourth-order valence-electron chi connectivity index (χ4n) is 1.32. The average molecular weight is 238 g/mol. The zero-order valence-corrected chi connectivity index (χ0v) is 10.1. The Morgan fingerprint density at radius 2 is 2.06 bits per heavy atom. The Hall–Kier alpha value is -1.51. The third-order valence-corrected chi connectivity index (χ3v) is 3.88. The van der Waals surface area contributed by atoms with Gasteiger partial charge in [0, 0.05) is 12.7 Å². The summed E-state index contributed by atoms with van der Waals surface area (Å²) in [6.07, 6.45) is 5.08. The Morgan fingerprint density at radius 3 is 2.56 bits per heavy atom. The Kier molecular flexibility index (Phi) is 3.58. The van der Waals surface area contributed by atoms with Crippen LogP contribution in [0.25, 0.3) is 0 Å². The van der Waals surface area contributed by atoms with Crippen molar-refractivity contribution < 1.29 is 8.42 Å². The number of hydrogen-bond donors (Lipinski definition) is 1. The minimum atomic E-state index is -3.54. The van der Waals surface area contributed by atoms with E-state index >= 15 is 0 Å². The predicted octanol–water partition coefficient (Wildman–Crippen LogP) is 0.831. The number of hydrogen-bond acceptors (Lipinski definition) is 3. The van der Waals surface area contributed by atoms with E-state index in [-0.39, 0.29) is 11.4 Å².